The molecule has 7 heteroatoms. The largest absolute Gasteiger partial charge is 0.339 e. The van der Waals surface area contributed by atoms with Gasteiger partial charge < -0.3 is 5.32 Å². The van der Waals surface area contributed by atoms with E-state index >= 15 is 0 Å². The molecule has 3 rings (SSSR count). The van der Waals surface area contributed by atoms with E-state index in [1.54, 1.807) is 6.20 Å². The Morgan fingerprint density at radius 2 is 2.00 bits per heavy atom. The zero-order chi connectivity index (χ0) is 15.7. The molecule has 4 nitrogen and oxygen atoms in total. The van der Waals surface area contributed by atoms with Crippen molar-refractivity contribution < 1.29 is 0 Å². The molecule has 2 aromatic heterocycles. The first-order chi connectivity index (χ1) is 10.6. The molecule has 0 aliphatic rings. The molecule has 0 unspecified atom stereocenters. The Bertz CT molecular complexity index is 841. The number of halogens is 2. The van der Waals surface area contributed by atoms with Gasteiger partial charge in [0, 0.05) is 28.8 Å². The van der Waals surface area contributed by atoms with Crippen LogP contribution in [-0.4, -0.2) is 28.3 Å². The van der Waals surface area contributed by atoms with E-state index in [1.165, 1.54) is 10.7 Å². The second-order valence-corrected chi connectivity index (χ2v) is 8.32. The predicted octanol–water partition coefficient (Wildman–Crippen LogP) is 4.55. The van der Waals surface area contributed by atoms with Crippen LogP contribution in [0.2, 0.25) is 5.28 Å². The first-order valence-electron chi connectivity index (χ1n) is 6.56. The Hall–Kier alpha value is -1.29. The number of pyridine rings is 1. The number of nitrogens with zero attached hydrogens (tertiary/aromatic N) is 3. The van der Waals surface area contributed by atoms with Gasteiger partial charge in [0.25, 0.3) is 0 Å². The SMILES string of the molecule is CP(C)c1c(Nc2nc(Cl)ncc2Br)ccc2ncccc12. The van der Waals surface area contributed by atoms with Crippen molar-refractivity contribution in [2.24, 2.45) is 0 Å². The van der Waals surface area contributed by atoms with Gasteiger partial charge in [0.1, 0.15) is 5.82 Å². The molecule has 0 atom stereocenters. The first-order valence-corrected chi connectivity index (χ1v) is 9.97. The fraction of sp³-hybridized carbons (Fsp3) is 0.133. The zero-order valence-corrected chi connectivity index (χ0v) is 15.2. The topological polar surface area (TPSA) is 50.7 Å². The fourth-order valence-electron chi connectivity index (χ4n) is 2.28. The first kappa shape index (κ1) is 15.6. The lowest BCUT2D eigenvalue weighted by Gasteiger charge is -2.17. The van der Waals surface area contributed by atoms with Crippen LogP contribution in [0, 0.1) is 0 Å². The highest BCUT2D eigenvalue weighted by Crippen LogP contribution is 2.34. The third-order valence-corrected chi connectivity index (χ3v) is 5.31. The standard InChI is InChI=1S/C15H13BrClN4P/c1-22(2)13-9-4-3-7-18-11(9)5-6-12(13)20-14-10(16)8-19-15(17)21-14/h3-8H,1-2H3,(H,19,20,21). The average Bonchev–Trinajstić information content (AvgIpc) is 2.50. The zero-order valence-electron chi connectivity index (χ0n) is 12.0. The van der Waals surface area contributed by atoms with Gasteiger partial charge in [0.2, 0.25) is 5.28 Å². The monoisotopic (exact) mass is 394 g/mol. The highest BCUT2D eigenvalue weighted by atomic mass is 79.9. The summed E-state index contributed by atoms with van der Waals surface area (Å²) >= 11 is 9.34. The van der Waals surface area contributed by atoms with Crippen molar-refractivity contribution in [1.29, 1.82) is 0 Å². The summed E-state index contributed by atoms with van der Waals surface area (Å²) < 4.78 is 0.769. The van der Waals surface area contributed by atoms with Gasteiger partial charge in [-0.3, -0.25) is 4.98 Å². The van der Waals surface area contributed by atoms with Crippen molar-refractivity contribution >= 4 is 63.2 Å². The Morgan fingerprint density at radius 3 is 2.77 bits per heavy atom. The number of fused-ring (bicyclic) bond motifs is 1. The third-order valence-electron chi connectivity index (χ3n) is 3.17. The molecule has 1 aromatic carbocycles. The summed E-state index contributed by atoms with van der Waals surface area (Å²) in [6.07, 6.45) is 3.45. The third kappa shape index (κ3) is 3.07. The summed E-state index contributed by atoms with van der Waals surface area (Å²) in [5, 5.41) is 6.01. The minimum atomic E-state index is -0.324. The molecule has 0 radical (unpaired) electrons. The van der Waals surface area contributed by atoms with Crippen molar-refractivity contribution in [3.8, 4) is 0 Å². The van der Waals surface area contributed by atoms with E-state index in [4.69, 9.17) is 11.6 Å². The smallest absolute Gasteiger partial charge is 0.224 e. The number of hydrogen-bond donors (Lipinski definition) is 1. The molecule has 0 aliphatic carbocycles. The second-order valence-electron chi connectivity index (χ2n) is 4.89. The molecule has 1 N–H and O–H groups in total. The van der Waals surface area contributed by atoms with Crippen molar-refractivity contribution in [3.63, 3.8) is 0 Å². The normalized spacial score (nSPS) is 11.1. The summed E-state index contributed by atoms with van der Waals surface area (Å²) in [5.41, 5.74) is 2.02. The summed E-state index contributed by atoms with van der Waals surface area (Å²) in [5.74, 6) is 0.654. The molecule has 112 valence electrons. The lowest BCUT2D eigenvalue weighted by atomic mass is 10.2. The van der Waals surface area contributed by atoms with E-state index in [0.717, 1.165) is 15.7 Å². The Morgan fingerprint density at radius 1 is 1.18 bits per heavy atom. The summed E-state index contributed by atoms with van der Waals surface area (Å²) in [4.78, 5) is 12.6. The lowest BCUT2D eigenvalue weighted by Crippen LogP contribution is -2.10. The molecule has 2 heterocycles. The van der Waals surface area contributed by atoms with E-state index in [1.807, 2.05) is 24.4 Å². The van der Waals surface area contributed by atoms with Crippen molar-refractivity contribution in [2.75, 3.05) is 18.6 Å². The number of rotatable bonds is 3. The number of aromatic nitrogens is 3. The molecule has 3 aromatic rings. The quantitative estimate of drug-likeness (QED) is 0.522. The molecule has 0 aliphatic heterocycles. The van der Waals surface area contributed by atoms with Crippen molar-refractivity contribution in [3.05, 3.63) is 46.4 Å². The van der Waals surface area contributed by atoms with Crippen LogP contribution < -0.4 is 10.6 Å². The van der Waals surface area contributed by atoms with Crippen LogP contribution in [0.15, 0.2) is 41.1 Å². The van der Waals surface area contributed by atoms with Gasteiger partial charge in [-0.1, -0.05) is 14.0 Å². The van der Waals surface area contributed by atoms with Gasteiger partial charge in [0.05, 0.1) is 9.99 Å². The summed E-state index contributed by atoms with van der Waals surface area (Å²) in [7, 11) is -0.324. The number of hydrogen-bond acceptors (Lipinski definition) is 4. The van der Waals surface area contributed by atoms with Crippen LogP contribution >= 0.6 is 35.5 Å². The van der Waals surface area contributed by atoms with Gasteiger partial charge in [-0.05, 0) is 59.1 Å². The van der Waals surface area contributed by atoms with Gasteiger partial charge in [-0.2, -0.15) is 4.98 Å². The molecule has 0 saturated heterocycles. The van der Waals surface area contributed by atoms with E-state index in [0.29, 0.717) is 5.82 Å². The number of nitrogens with one attached hydrogen (secondary N) is 1. The van der Waals surface area contributed by atoms with Crippen molar-refractivity contribution in [1.82, 2.24) is 15.0 Å². The number of anilines is 2. The Balaban J connectivity index is 2.14. The van der Waals surface area contributed by atoms with Crippen LogP contribution in [0.5, 0.6) is 0 Å². The molecular formula is C15H13BrClN4P. The van der Waals surface area contributed by atoms with Crippen molar-refractivity contribution in [2.45, 2.75) is 0 Å². The Labute approximate surface area is 143 Å². The average molecular weight is 396 g/mol. The molecule has 0 fully saturated rings. The van der Waals surface area contributed by atoms with E-state index < -0.39 is 0 Å². The molecule has 22 heavy (non-hydrogen) atoms. The van der Waals surface area contributed by atoms with Crippen LogP contribution in [0.25, 0.3) is 10.9 Å². The maximum Gasteiger partial charge on any atom is 0.224 e. The summed E-state index contributed by atoms with van der Waals surface area (Å²) in [6, 6.07) is 8.12. The minimum absolute atomic E-state index is 0.213. The molecule has 0 saturated carbocycles. The summed E-state index contributed by atoms with van der Waals surface area (Å²) in [6.45, 7) is 4.45. The maximum absolute atomic E-state index is 5.89. The highest BCUT2D eigenvalue weighted by Gasteiger charge is 2.13. The van der Waals surface area contributed by atoms with Crippen LogP contribution in [0.3, 0.4) is 0 Å². The molecule has 0 amide bonds. The molecular weight excluding hydrogens is 383 g/mol. The highest BCUT2D eigenvalue weighted by molar-refractivity contribution is 9.10. The fourth-order valence-corrected chi connectivity index (χ4v) is 3.99. The van der Waals surface area contributed by atoms with Crippen LogP contribution in [-0.2, 0) is 0 Å². The van der Waals surface area contributed by atoms with E-state index in [9.17, 15) is 0 Å². The van der Waals surface area contributed by atoms with Gasteiger partial charge in [-0.25, -0.2) is 4.98 Å². The Kier molecular flexibility index (Phi) is 4.57. The number of benzene rings is 1. The van der Waals surface area contributed by atoms with Crippen LogP contribution in [0.1, 0.15) is 0 Å². The van der Waals surface area contributed by atoms with Crippen LogP contribution in [0.4, 0.5) is 11.5 Å². The van der Waals surface area contributed by atoms with Gasteiger partial charge >= 0.3 is 0 Å². The molecule has 0 spiro atoms. The predicted molar refractivity (Wildman–Crippen MR) is 98.2 cm³/mol. The van der Waals surface area contributed by atoms with Gasteiger partial charge in [0.15, 0.2) is 0 Å². The lowest BCUT2D eigenvalue weighted by molar-refractivity contribution is 1.15. The second kappa shape index (κ2) is 6.45. The van der Waals surface area contributed by atoms with Gasteiger partial charge in [-0.15, -0.1) is 0 Å². The minimum Gasteiger partial charge on any atom is -0.339 e. The maximum atomic E-state index is 5.89. The molecule has 0 bridgehead atoms. The van der Waals surface area contributed by atoms with E-state index in [2.05, 4.69) is 55.6 Å². The van der Waals surface area contributed by atoms with E-state index in [-0.39, 0.29) is 13.2 Å².